The van der Waals surface area contributed by atoms with Crippen molar-refractivity contribution < 1.29 is 14.8 Å². The van der Waals surface area contributed by atoms with Gasteiger partial charge in [0.25, 0.3) is 5.69 Å². The van der Waals surface area contributed by atoms with Crippen molar-refractivity contribution in [3.63, 3.8) is 0 Å². The molecule has 0 heterocycles. The average molecular weight is 289 g/mol. The molecule has 0 saturated heterocycles. The summed E-state index contributed by atoms with van der Waals surface area (Å²) in [5, 5.41) is 20.2. The summed E-state index contributed by atoms with van der Waals surface area (Å²) in [7, 11) is 0. The van der Waals surface area contributed by atoms with E-state index in [1.54, 1.807) is 0 Å². The van der Waals surface area contributed by atoms with Crippen LogP contribution in [-0.4, -0.2) is 16.0 Å². The molecule has 0 radical (unpaired) electrons. The van der Waals surface area contributed by atoms with Crippen molar-refractivity contribution in [1.29, 1.82) is 0 Å². The molecule has 0 saturated carbocycles. The zero-order chi connectivity index (χ0) is 14.7. The van der Waals surface area contributed by atoms with Crippen LogP contribution in [0.15, 0.2) is 52.3 Å². The zero-order valence-corrected chi connectivity index (χ0v) is 11.4. The van der Waals surface area contributed by atoms with Crippen molar-refractivity contribution in [2.24, 2.45) is 0 Å². The van der Waals surface area contributed by atoms with Gasteiger partial charge < -0.3 is 5.11 Å². The summed E-state index contributed by atoms with van der Waals surface area (Å²) in [5.41, 5.74) is 0.801. The highest BCUT2D eigenvalue weighted by atomic mass is 32.2. The molecule has 0 amide bonds. The third-order valence-corrected chi connectivity index (χ3v) is 3.80. The average Bonchev–Trinajstić information content (AvgIpc) is 2.41. The summed E-state index contributed by atoms with van der Waals surface area (Å²) in [6, 6.07) is 11.4. The van der Waals surface area contributed by atoms with Crippen LogP contribution in [0.3, 0.4) is 0 Å². The normalized spacial score (nSPS) is 10.2. The van der Waals surface area contributed by atoms with Crippen molar-refractivity contribution in [3.8, 4) is 0 Å². The van der Waals surface area contributed by atoms with E-state index in [0.29, 0.717) is 0 Å². The molecule has 2 rings (SSSR count). The van der Waals surface area contributed by atoms with Crippen LogP contribution >= 0.6 is 11.8 Å². The monoisotopic (exact) mass is 289 g/mol. The molecule has 0 aliphatic rings. The maximum atomic E-state index is 11.2. The summed E-state index contributed by atoms with van der Waals surface area (Å²) in [6.07, 6.45) is 0. The number of carbonyl (C=O) groups is 1. The molecule has 0 unspecified atom stereocenters. The number of aryl methyl sites for hydroxylation is 1. The van der Waals surface area contributed by atoms with Crippen LogP contribution in [-0.2, 0) is 0 Å². The Labute approximate surface area is 119 Å². The quantitative estimate of drug-likeness (QED) is 0.684. The number of nitro benzene ring substituents is 1. The van der Waals surface area contributed by atoms with Crippen LogP contribution in [0.1, 0.15) is 15.9 Å². The van der Waals surface area contributed by atoms with Crippen LogP contribution in [0, 0.1) is 17.0 Å². The summed E-state index contributed by atoms with van der Waals surface area (Å²) >= 11 is 1.08. The van der Waals surface area contributed by atoms with Gasteiger partial charge in [0.05, 0.1) is 10.5 Å². The molecule has 6 heteroatoms. The second-order valence-corrected chi connectivity index (χ2v) is 5.21. The Kier molecular flexibility index (Phi) is 4.05. The van der Waals surface area contributed by atoms with Crippen LogP contribution < -0.4 is 0 Å². The van der Waals surface area contributed by atoms with Crippen LogP contribution in [0.4, 0.5) is 5.69 Å². The lowest BCUT2D eigenvalue weighted by atomic mass is 10.2. The number of aromatic carboxylic acids is 1. The Morgan fingerprint density at radius 2 is 1.85 bits per heavy atom. The Morgan fingerprint density at radius 1 is 1.20 bits per heavy atom. The molecular formula is C14H11NO4S. The minimum absolute atomic E-state index is 0.0650. The van der Waals surface area contributed by atoms with E-state index >= 15 is 0 Å². The highest BCUT2D eigenvalue weighted by Crippen LogP contribution is 2.37. The Bertz CT molecular complexity index is 635. The van der Waals surface area contributed by atoms with Gasteiger partial charge >= 0.3 is 5.97 Å². The fourth-order valence-electron chi connectivity index (χ4n) is 1.67. The molecule has 0 spiro atoms. The Balaban J connectivity index is 2.50. The van der Waals surface area contributed by atoms with E-state index in [2.05, 4.69) is 0 Å². The topological polar surface area (TPSA) is 80.4 Å². The maximum Gasteiger partial charge on any atom is 0.337 e. The lowest BCUT2D eigenvalue weighted by molar-refractivity contribution is -0.387. The first-order valence-corrected chi connectivity index (χ1v) is 6.56. The van der Waals surface area contributed by atoms with E-state index in [4.69, 9.17) is 5.11 Å². The minimum atomic E-state index is -1.18. The number of rotatable bonds is 4. The molecule has 0 aliphatic carbocycles. The van der Waals surface area contributed by atoms with Gasteiger partial charge in [0.15, 0.2) is 0 Å². The van der Waals surface area contributed by atoms with Crippen molar-refractivity contribution in [3.05, 3.63) is 63.7 Å². The third kappa shape index (κ3) is 2.97. The first-order valence-electron chi connectivity index (χ1n) is 5.74. The van der Waals surface area contributed by atoms with E-state index in [1.165, 1.54) is 18.2 Å². The molecule has 102 valence electrons. The highest BCUT2D eigenvalue weighted by molar-refractivity contribution is 7.99. The number of benzene rings is 2. The lowest BCUT2D eigenvalue weighted by Crippen LogP contribution is -2.02. The van der Waals surface area contributed by atoms with E-state index < -0.39 is 10.9 Å². The molecule has 0 atom stereocenters. The predicted molar refractivity (Wildman–Crippen MR) is 75.4 cm³/mol. The van der Waals surface area contributed by atoms with Gasteiger partial charge in [-0.25, -0.2) is 4.79 Å². The smallest absolute Gasteiger partial charge is 0.337 e. The summed E-state index contributed by atoms with van der Waals surface area (Å²) in [6.45, 7) is 1.93. The number of nitrogens with zero attached hydrogens (tertiary/aromatic N) is 1. The minimum Gasteiger partial charge on any atom is -0.478 e. The van der Waals surface area contributed by atoms with Crippen LogP contribution in [0.25, 0.3) is 0 Å². The third-order valence-electron chi connectivity index (χ3n) is 2.66. The number of carboxylic acids is 1. The van der Waals surface area contributed by atoms with Gasteiger partial charge in [0.2, 0.25) is 0 Å². The highest BCUT2D eigenvalue weighted by Gasteiger charge is 2.22. The lowest BCUT2D eigenvalue weighted by Gasteiger charge is -2.07. The number of hydrogen-bond donors (Lipinski definition) is 1. The Morgan fingerprint density at radius 3 is 2.40 bits per heavy atom. The van der Waals surface area contributed by atoms with Gasteiger partial charge in [-0.05, 0) is 25.1 Å². The van der Waals surface area contributed by atoms with Gasteiger partial charge in [-0.1, -0.05) is 35.5 Å². The van der Waals surface area contributed by atoms with Gasteiger partial charge in [-0.3, -0.25) is 10.1 Å². The van der Waals surface area contributed by atoms with E-state index in [-0.39, 0.29) is 16.1 Å². The van der Waals surface area contributed by atoms with Crippen molar-refractivity contribution in [2.75, 3.05) is 0 Å². The molecule has 1 N–H and O–H groups in total. The van der Waals surface area contributed by atoms with E-state index in [0.717, 1.165) is 22.2 Å². The first-order chi connectivity index (χ1) is 9.49. The van der Waals surface area contributed by atoms with Gasteiger partial charge in [-0.15, -0.1) is 0 Å². The van der Waals surface area contributed by atoms with Gasteiger partial charge in [-0.2, -0.15) is 0 Å². The second-order valence-electron chi connectivity index (χ2n) is 4.13. The van der Waals surface area contributed by atoms with Crippen LogP contribution in [0.5, 0.6) is 0 Å². The standard InChI is InChI=1S/C14H11NO4S/c1-9-5-7-10(8-6-9)20-13-11(14(16)17)3-2-4-12(13)15(18)19/h2-8H,1H3,(H,16,17). The van der Waals surface area contributed by atoms with Crippen molar-refractivity contribution in [1.82, 2.24) is 0 Å². The molecular weight excluding hydrogens is 278 g/mol. The number of hydrogen-bond acceptors (Lipinski definition) is 4. The summed E-state index contributed by atoms with van der Waals surface area (Å²) in [4.78, 5) is 22.6. The fourth-order valence-corrected chi connectivity index (χ4v) is 2.69. The molecule has 5 nitrogen and oxygen atoms in total. The van der Waals surface area contributed by atoms with E-state index in [9.17, 15) is 14.9 Å². The maximum absolute atomic E-state index is 11.2. The molecule has 20 heavy (non-hydrogen) atoms. The largest absolute Gasteiger partial charge is 0.478 e. The molecule has 2 aromatic carbocycles. The SMILES string of the molecule is Cc1ccc(Sc2c(C(=O)O)cccc2[N+](=O)[O-])cc1. The fraction of sp³-hybridized carbons (Fsp3) is 0.0714. The Hall–Kier alpha value is -2.34. The van der Waals surface area contributed by atoms with Gasteiger partial charge in [0.1, 0.15) is 4.90 Å². The zero-order valence-electron chi connectivity index (χ0n) is 10.6. The van der Waals surface area contributed by atoms with Crippen molar-refractivity contribution >= 4 is 23.4 Å². The molecule has 0 fully saturated rings. The van der Waals surface area contributed by atoms with Crippen molar-refractivity contribution in [2.45, 2.75) is 16.7 Å². The molecule has 2 aromatic rings. The molecule has 0 aliphatic heterocycles. The molecule has 0 aromatic heterocycles. The second kappa shape index (κ2) is 5.75. The first kappa shape index (κ1) is 14.1. The molecule has 0 bridgehead atoms. The number of carboxylic acid groups (broad SMARTS) is 1. The van der Waals surface area contributed by atoms with E-state index in [1.807, 2.05) is 31.2 Å². The number of nitro groups is 1. The summed E-state index contributed by atoms with van der Waals surface area (Å²) < 4.78 is 0. The van der Waals surface area contributed by atoms with Crippen LogP contribution in [0.2, 0.25) is 0 Å². The van der Waals surface area contributed by atoms with Gasteiger partial charge in [0, 0.05) is 11.0 Å². The summed E-state index contributed by atoms with van der Waals surface area (Å²) in [5.74, 6) is -1.18. The predicted octanol–water partition coefficient (Wildman–Crippen LogP) is 3.75.